The van der Waals surface area contributed by atoms with Crippen molar-refractivity contribution in [3.8, 4) is 6.07 Å². The summed E-state index contributed by atoms with van der Waals surface area (Å²) in [6, 6.07) is 2.13. The zero-order valence-electron chi connectivity index (χ0n) is 26.9. The van der Waals surface area contributed by atoms with Gasteiger partial charge in [0, 0.05) is 11.3 Å². The number of nitriles is 1. The highest BCUT2D eigenvalue weighted by molar-refractivity contribution is 6.02. The van der Waals surface area contributed by atoms with E-state index >= 15 is 0 Å². The number of amidine groups is 1. The van der Waals surface area contributed by atoms with Crippen molar-refractivity contribution in [1.29, 1.82) is 5.26 Å². The molecule has 0 saturated heterocycles. The Morgan fingerprint density at radius 1 is 1.17 bits per heavy atom. The van der Waals surface area contributed by atoms with Crippen molar-refractivity contribution in [2.24, 2.45) is 50.0 Å². The molecule has 2 fully saturated rings. The van der Waals surface area contributed by atoms with Crippen molar-refractivity contribution in [3.05, 3.63) is 23.3 Å². The molecule has 1 unspecified atom stereocenters. The van der Waals surface area contributed by atoms with Crippen LogP contribution in [0.2, 0.25) is 0 Å². The summed E-state index contributed by atoms with van der Waals surface area (Å²) in [5.41, 5.74) is -0.602. The molecule has 7 heteroatoms. The fraction of sp³-hybridized carbons (Fsp3) is 0.735. The van der Waals surface area contributed by atoms with Crippen LogP contribution in [0.3, 0.4) is 0 Å². The number of nitrogens with one attached hydrogen (secondary N) is 1. The van der Waals surface area contributed by atoms with Crippen LogP contribution in [0.4, 0.5) is 0 Å². The lowest BCUT2D eigenvalue weighted by Crippen LogP contribution is -2.54. The highest BCUT2D eigenvalue weighted by Gasteiger charge is 2.59. The Kier molecular flexibility index (Phi) is 8.91. The van der Waals surface area contributed by atoms with Gasteiger partial charge in [-0.2, -0.15) is 5.26 Å². The first-order valence-electron chi connectivity index (χ1n) is 15.2. The molecule has 0 aromatic heterocycles. The van der Waals surface area contributed by atoms with Gasteiger partial charge in [-0.25, -0.2) is 0 Å². The number of carbonyl (C=O) groups excluding carboxylic acids is 3. The van der Waals surface area contributed by atoms with Crippen LogP contribution in [-0.4, -0.2) is 28.5 Å². The van der Waals surface area contributed by atoms with E-state index in [0.717, 1.165) is 44.1 Å². The Morgan fingerprint density at radius 2 is 1.80 bits per heavy atom. The number of rotatable bonds is 6. The van der Waals surface area contributed by atoms with Crippen LogP contribution in [0.1, 0.15) is 114 Å². The van der Waals surface area contributed by atoms with E-state index in [-0.39, 0.29) is 57.5 Å². The van der Waals surface area contributed by atoms with Gasteiger partial charge in [0.05, 0.1) is 11.0 Å². The van der Waals surface area contributed by atoms with Crippen molar-refractivity contribution in [2.75, 3.05) is 0 Å². The molecule has 2 N–H and O–H groups in total. The fourth-order valence-electron chi connectivity index (χ4n) is 8.62. The van der Waals surface area contributed by atoms with E-state index in [2.05, 4.69) is 65.0 Å². The van der Waals surface area contributed by atoms with Crippen molar-refractivity contribution >= 4 is 23.3 Å². The molecule has 3 aliphatic carbocycles. The van der Waals surface area contributed by atoms with E-state index in [0.29, 0.717) is 6.42 Å². The Hall–Kier alpha value is -2.75. The zero-order chi connectivity index (χ0) is 31.2. The van der Waals surface area contributed by atoms with Crippen LogP contribution in [0, 0.1) is 56.2 Å². The molecule has 41 heavy (non-hydrogen) atoms. The molecule has 2 saturated carbocycles. The summed E-state index contributed by atoms with van der Waals surface area (Å²) in [6.07, 6.45) is 9.24. The van der Waals surface area contributed by atoms with Crippen molar-refractivity contribution in [1.82, 2.24) is 5.32 Å². The maximum Gasteiger partial charge on any atom is 0.231 e. The number of oxime groups is 1. The third-order valence-corrected chi connectivity index (χ3v) is 11.7. The maximum absolute atomic E-state index is 13.8. The summed E-state index contributed by atoms with van der Waals surface area (Å²) in [4.78, 5) is 39.5. The number of Topliss-reactive ketones (excluding diaryl/α,β-unsaturated/α-hetero) is 1. The zero-order valence-corrected chi connectivity index (χ0v) is 26.9. The average Bonchev–Trinajstić information content (AvgIpc) is 2.87. The molecule has 0 aromatic rings. The van der Waals surface area contributed by atoms with Gasteiger partial charge in [0.25, 0.3) is 0 Å². The first-order valence-corrected chi connectivity index (χ1v) is 15.2. The number of nitrogens with zero attached hydrogens (tertiary/aromatic N) is 2. The second-order valence-corrected chi connectivity index (χ2v) is 15.2. The minimum absolute atomic E-state index is 0.0139. The number of hydrogen-bond acceptors (Lipinski definition) is 6. The number of allylic oxidation sites excluding steroid dienone is 4. The molecule has 3 aliphatic rings. The van der Waals surface area contributed by atoms with E-state index < -0.39 is 16.2 Å². The number of carbonyl (C=O) groups is 3. The van der Waals surface area contributed by atoms with Gasteiger partial charge in [0.1, 0.15) is 11.9 Å². The number of ketones is 2. The monoisotopic (exact) mass is 565 g/mol. The summed E-state index contributed by atoms with van der Waals surface area (Å²) in [7, 11) is 0. The summed E-state index contributed by atoms with van der Waals surface area (Å²) in [5, 5.41) is 25.1. The van der Waals surface area contributed by atoms with Crippen molar-refractivity contribution in [2.45, 2.75) is 114 Å². The highest BCUT2D eigenvalue weighted by atomic mass is 16.4. The Morgan fingerprint density at radius 3 is 2.34 bits per heavy atom. The van der Waals surface area contributed by atoms with E-state index in [1.165, 1.54) is 0 Å². The van der Waals surface area contributed by atoms with E-state index in [4.69, 9.17) is 0 Å². The largest absolute Gasteiger partial charge is 0.409 e. The molecule has 1 amide bonds. The molecule has 6 atom stereocenters. The maximum atomic E-state index is 13.8. The predicted octanol–water partition coefficient (Wildman–Crippen LogP) is 7.16. The van der Waals surface area contributed by atoms with Crippen LogP contribution in [0.15, 0.2) is 28.5 Å². The van der Waals surface area contributed by atoms with Crippen LogP contribution in [0.25, 0.3) is 0 Å². The molecule has 226 valence electrons. The molecular weight excluding hydrogens is 514 g/mol. The minimum atomic E-state index is -0.611. The first kappa shape index (κ1) is 32.8. The van der Waals surface area contributed by atoms with Gasteiger partial charge in [-0.3, -0.25) is 14.4 Å². The van der Waals surface area contributed by atoms with Crippen LogP contribution < -0.4 is 5.32 Å². The number of fused-ring (bicyclic) bond motifs is 1. The van der Waals surface area contributed by atoms with Gasteiger partial charge in [-0.1, -0.05) is 72.2 Å². The number of amides is 1. The van der Waals surface area contributed by atoms with Gasteiger partial charge >= 0.3 is 0 Å². The lowest BCUT2D eigenvalue weighted by Gasteiger charge is -2.59. The fourth-order valence-corrected chi connectivity index (χ4v) is 8.62. The molecule has 7 nitrogen and oxygen atoms in total. The summed E-state index contributed by atoms with van der Waals surface area (Å²) >= 11 is 0. The molecule has 3 rings (SSSR count). The summed E-state index contributed by atoms with van der Waals surface area (Å²) in [5.74, 6) is -0.197. The quantitative estimate of drug-likeness (QED) is 0.116. The van der Waals surface area contributed by atoms with Crippen LogP contribution in [0.5, 0.6) is 0 Å². The SMILES string of the molecule is CC(=O)/C=C1/[C@@]2(C)C=C(C#N)C(=O)[C@@H](C)[C@@H]2CC[C@@]1(C)C(C)(C)CC[C@@]1(C(=O)N/C(C)=N/O)CCC(C)(C)CC1C. The van der Waals surface area contributed by atoms with Crippen molar-refractivity contribution < 1.29 is 19.6 Å². The van der Waals surface area contributed by atoms with Crippen LogP contribution in [-0.2, 0) is 14.4 Å². The predicted molar refractivity (Wildman–Crippen MR) is 161 cm³/mol. The van der Waals surface area contributed by atoms with Crippen molar-refractivity contribution in [3.63, 3.8) is 0 Å². The first-order chi connectivity index (χ1) is 18.8. The molecular formula is C34H51N3O4. The average molecular weight is 566 g/mol. The highest BCUT2D eigenvalue weighted by Crippen LogP contribution is 2.65. The van der Waals surface area contributed by atoms with Gasteiger partial charge in [0.15, 0.2) is 11.6 Å². The third-order valence-electron chi connectivity index (χ3n) is 11.7. The molecule has 0 aliphatic heterocycles. The molecule has 0 bridgehead atoms. The smallest absolute Gasteiger partial charge is 0.231 e. The molecule has 0 spiro atoms. The number of hydrogen-bond donors (Lipinski definition) is 2. The van der Waals surface area contributed by atoms with E-state index in [1.54, 1.807) is 19.9 Å². The Bertz CT molecular complexity index is 1230. The van der Waals surface area contributed by atoms with E-state index in [1.807, 2.05) is 13.0 Å². The van der Waals surface area contributed by atoms with E-state index in [9.17, 15) is 24.9 Å². The Balaban J connectivity index is 2.06. The lowest BCUT2D eigenvalue weighted by molar-refractivity contribution is -0.138. The molecule has 0 aromatic carbocycles. The standard InChI is InChI=1S/C34H51N3O4/c1-21-18-30(5,6)13-15-34(21,29(40)36-24(4)37-41)16-14-31(7,8)33(10)12-11-26-23(3)28(39)25(20-35)19-32(26,9)27(33)17-22(2)38/h17,19,21,23,26,41H,11-16,18H2,1-10H3,(H,36,37,40)/b27-17-/t21?,23-,26-,32-,33+,34-/m0/s1. The normalized spacial score (nSPS) is 36.7. The minimum Gasteiger partial charge on any atom is -0.409 e. The van der Waals surface area contributed by atoms with Crippen LogP contribution >= 0.6 is 0 Å². The Labute approximate surface area is 246 Å². The lowest BCUT2D eigenvalue weighted by atomic mass is 9.44. The summed E-state index contributed by atoms with van der Waals surface area (Å²) < 4.78 is 0. The molecule has 0 heterocycles. The van der Waals surface area contributed by atoms with Gasteiger partial charge in [-0.05, 0) is 93.0 Å². The summed E-state index contributed by atoms with van der Waals surface area (Å²) in [6.45, 7) is 20.6. The second kappa shape index (κ2) is 11.2. The van der Waals surface area contributed by atoms with Gasteiger partial charge in [0.2, 0.25) is 5.91 Å². The van der Waals surface area contributed by atoms with Gasteiger partial charge in [-0.15, -0.1) is 0 Å². The topological polar surface area (TPSA) is 120 Å². The van der Waals surface area contributed by atoms with Gasteiger partial charge < -0.3 is 10.5 Å². The molecule has 0 radical (unpaired) electrons. The third kappa shape index (κ3) is 5.68. The second-order valence-electron chi connectivity index (χ2n) is 15.2.